The summed E-state index contributed by atoms with van der Waals surface area (Å²) in [5.41, 5.74) is 6.88. The molecule has 2 amide bonds. The van der Waals surface area contributed by atoms with Crippen molar-refractivity contribution >= 4 is 33.4 Å². The van der Waals surface area contributed by atoms with E-state index in [1.54, 1.807) is 34.9 Å². The zero-order valence-corrected chi connectivity index (χ0v) is 13.0. The first-order valence-electron chi connectivity index (χ1n) is 6.59. The first-order valence-corrected chi connectivity index (χ1v) is 7.38. The normalized spacial score (nSPS) is 15.9. The van der Waals surface area contributed by atoms with Gasteiger partial charge in [0, 0.05) is 43.3 Å². The second kappa shape index (κ2) is 6.26. The summed E-state index contributed by atoms with van der Waals surface area (Å²) in [5.74, 6) is 0.0130. The van der Waals surface area contributed by atoms with Gasteiger partial charge in [0.1, 0.15) is 0 Å². The fourth-order valence-electron chi connectivity index (χ4n) is 2.31. The van der Waals surface area contributed by atoms with Crippen molar-refractivity contribution in [2.75, 3.05) is 31.9 Å². The fraction of sp³-hybridized carbons (Fsp3) is 0.429. The minimum Gasteiger partial charge on any atom is -0.399 e. The van der Waals surface area contributed by atoms with Crippen LogP contribution >= 0.6 is 15.9 Å². The summed E-state index contributed by atoms with van der Waals surface area (Å²) in [6, 6.07) is 5.21. The van der Waals surface area contributed by atoms with Crippen molar-refractivity contribution in [3.8, 4) is 0 Å². The molecule has 1 aromatic rings. The van der Waals surface area contributed by atoms with Crippen LogP contribution in [0.4, 0.5) is 5.69 Å². The topological polar surface area (TPSA) is 66.6 Å². The first-order chi connectivity index (χ1) is 9.49. The molecular weight excluding hydrogens is 322 g/mol. The Kier molecular flexibility index (Phi) is 4.65. The highest BCUT2D eigenvalue weighted by Crippen LogP contribution is 2.21. The van der Waals surface area contributed by atoms with E-state index in [0.717, 1.165) is 10.9 Å². The van der Waals surface area contributed by atoms with E-state index in [1.165, 1.54) is 0 Å². The average molecular weight is 340 g/mol. The molecule has 0 bridgehead atoms. The lowest BCUT2D eigenvalue weighted by molar-refractivity contribution is -0.128. The number of carbonyl (C=O) groups is 2. The van der Waals surface area contributed by atoms with Gasteiger partial charge in [-0.2, -0.15) is 0 Å². The number of nitrogens with two attached hydrogens (primary N) is 1. The summed E-state index contributed by atoms with van der Waals surface area (Å²) in [6.45, 7) is 4.06. The first kappa shape index (κ1) is 14.8. The molecule has 0 spiro atoms. The van der Waals surface area contributed by atoms with Crippen LogP contribution in [0.3, 0.4) is 0 Å². The van der Waals surface area contributed by atoms with Gasteiger partial charge in [0.25, 0.3) is 5.91 Å². The van der Waals surface area contributed by atoms with Gasteiger partial charge in [-0.3, -0.25) is 9.59 Å². The van der Waals surface area contributed by atoms with Gasteiger partial charge in [-0.05, 0) is 40.5 Å². The average Bonchev–Trinajstić information content (AvgIpc) is 2.66. The van der Waals surface area contributed by atoms with Gasteiger partial charge in [0.05, 0.1) is 5.56 Å². The molecule has 1 aliphatic heterocycles. The molecular formula is C14H18BrN3O2. The Hall–Kier alpha value is -1.56. The molecule has 1 heterocycles. The molecule has 0 radical (unpaired) electrons. The van der Waals surface area contributed by atoms with Crippen molar-refractivity contribution in [2.45, 2.75) is 13.3 Å². The van der Waals surface area contributed by atoms with Crippen molar-refractivity contribution in [1.29, 1.82) is 0 Å². The molecule has 2 rings (SSSR count). The zero-order chi connectivity index (χ0) is 14.7. The smallest absolute Gasteiger partial charge is 0.255 e. The van der Waals surface area contributed by atoms with Crippen molar-refractivity contribution in [3.05, 3.63) is 28.2 Å². The van der Waals surface area contributed by atoms with Gasteiger partial charge in [-0.1, -0.05) is 0 Å². The number of nitrogens with zero attached hydrogens (tertiary/aromatic N) is 2. The summed E-state index contributed by atoms with van der Waals surface area (Å²) in [6.07, 6.45) is 0.797. The number of anilines is 1. The molecule has 1 fully saturated rings. The van der Waals surface area contributed by atoms with Crippen LogP contribution in [0, 0.1) is 0 Å². The summed E-state index contributed by atoms with van der Waals surface area (Å²) in [7, 11) is 0. The molecule has 0 atom stereocenters. The summed E-state index contributed by atoms with van der Waals surface area (Å²) >= 11 is 3.38. The van der Waals surface area contributed by atoms with Gasteiger partial charge in [0.15, 0.2) is 0 Å². The molecule has 1 saturated heterocycles. The summed E-state index contributed by atoms with van der Waals surface area (Å²) in [5, 5.41) is 0. The van der Waals surface area contributed by atoms with E-state index >= 15 is 0 Å². The van der Waals surface area contributed by atoms with Crippen LogP contribution in [-0.2, 0) is 4.79 Å². The summed E-state index contributed by atoms with van der Waals surface area (Å²) < 4.78 is 0.740. The van der Waals surface area contributed by atoms with Crippen molar-refractivity contribution < 1.29 is 9.59 Å². The molecule has 1 aliphatic rings. The molecule has 1 aromatic carbocycles. The van der Waals surface area contributed by atoms with E-state index < -0.39 is 0 Å². The molecule has 5 nitrogen and oxygen atoms in total. The highest BCUT2D eigenvalue weighted by molar-refractivity contribution is 9.10. The SMILES string of the molecule is CC(=O)N1CCCN(C(=O)c2cc(N)ccc2Br)CC1. The Bertz CT molecular complexity index is 533. The lowest BCUT2D eigenvalue weighted by Gasteiger charge is -2.22. The van der Waals surface area contributed by atoms with Crippen LogP contribution in [0.5, 0.6) is 0 Å². The van der Waals surface area contributed by atoms with Crippen molar-refractivity contribution in [3.63, 3.8) is 0 Å². The monoisotopic (exact) mass is 339 g/mol. The number of halogens is 1. The number of benzene rings is 1. The lowest BCUT2D eigenvalue weighted by atomic mass is 10.1. The van der Waals surface area contributed by atoms with Crippen LogP contribution in [0.25, 0.3) is 0 Å². The Balaban J connectivity index is 2.13. The second-order valence-electron chi connectivity index (χ2n) is 4.89. The molecule has 2 N–H and O–H groups in total. The Labute approximate surface area is 126 Å². The van der Waals surface area contributed by atoms with Crippen LogP contribution in [0.1, 0.15) is 23.7 Å². The molecule has 6 heteroatoms. The molecule has 0 unspecified atom stereocenters. The molecule has 108 valence electrons. The number of hydrogen-bond donors (Lipinski definition) is 1. The number of carbonyl (C=O) groups excluding carboxylic acids is 2. The molecule has 0 saturated carbocycles. The van der Waals surface area contributed by atoms with Crippen molar-refractivity contribution in [2.24, 2.45) is 0 Å². The third-order valence-corrected chi connectivity index (χ3v) is 4.14. The van der Waals surface area contributed by atoms with E-state index in [4.69, 9.17) is 5.73 Å². The molecule has 20 heavy (non-hydrogen) atoms. The fourth-order valence-corrected chi connectivity index (χ4v) is 2.73. The maximum Gasteiger partial charge on any atom is 0.255 e. The van der Waals surface area contributed by atoms with Gasteiger partial charge >= 0.3 is 0 Å². The number of rotatable bonds is 1. The van der Waals surface area contributed by atoms with E-state index in [1.807, 2.05) is 0 Å². The van der Waals surface area contributed by atoms with Crippen LogP contribution in [0.2, 0.25) is 0 Å². The van der Waals surface area contributed by atoms with Gasteiger partial charge in [-0.15, -0.1) is 0 Å². The highest BCUT2D eigenvalue weighted by Gasteiger charge is 2.22. The Morgan fingerprint density at radius 2 is 1.80 bits per heavy atom. The van der Waals surface area contributed by atoms with Crippen LogP contribution < -0.4 is 5.73 Å². The van der Waals surface area contributed by atoms with Gasteiger partial charge < -0.3 is 15.5 Å². The number of hydrogen-bond acceptors (Lipinski definition) is 3. The standard InChI is InChI=1S/C14H18BrN3O2/c1-10(19)17-5-2-6-18(8-7-17)14(20)12-9-11(16)3-4-13(12)15/h3-4,9H,2,5-8,16H2,1H3. The highest BCUT2D eigenvalue weighted by atomic mass is 79.9. The predicted molar refractivity (Wildman–Crippen MR) is 81.3 cm³/mol. The van der Waals surface area contributed by atoms with Gasteiger partial charge in [-0.25, -0.2) is 0 Å². The quantitative estimate of drug-likeness (QED) is 0.792. The minimum atomic E-state index is -0.0467. The molecule has 0 aliphatic carbocycles. The Morgan fingerprint density at radius 1 is 1.15 bits per heavy atom. The van der Waals surface area contributed by atoms with E-state index in [-0.39, 0.29) is 11.8 Å². The number of nitrogen functional groups attached to an aromatic ring is 1. The van der Waals surface area contributed by atoms with Crippen LogP contribution in [0.15, 0.2) is 22.7 Å². The maximum atomic E-state index is 12.5. The van der Waals surface area contributed by atoms with Gasteiger partial charge in [0.2, 0.25) is 5.91 Å². The minimum absolute atomic E-state index is 0.0467. The lowest BCUT2D eigenvalue weighted by Crippen LogP contribution is -2.36. The van der Waals surface area contributed by atoms with Crippen LogP contribution in [-0.4, -0.2) is 47.8 Å². The zero-order valence-electron chi connectivity index (χ0n) is 11.4. The summed E-state index contributed by atoms with van der Waals surface area (Å²) in [4.78, 5) is 27.5. The third kappa shape index (κ3) is 3.30. The third-order valence-electron chi connectivity index (χ3n) is 3.45. The number of amides is 2. The Morgan fingerprint density at radius 3 is 2.50 bits per heavy atom. The second-order valence-corrected chi connectivity index (χ2v) is 5.75. The van der Waals surface area contributed by atoms with E-state index in [9.17, 15) is 9.59 Å². The molecule has 0 aromatic heterocycles. The maximum absolute atomic E-state index is 12.5. The predicted octanol–water partition coefficient (Wildman–Crippen LogP) is 1.73. The largest absolute Gasteiger partial charge is 0.399 e. The van der Waals surface area contributed by atoms with Crippen molar-refractivity contribution in [1.82, 2.24) is 9.80 Å². The van der Waals surface area contributed by atoms with E-state index in [0.29, 0.717) is 37.4 Å². The van der Waals surface area contributed by atoms with E-state index in [2.05, 4.69) is 15.9 Å².